The van der Waals surface area contributed by atoms with Crippen molar-refractivity contribution in [2.45, 2.75) is 106 Å². The number of hydrogen-bond donors (Lipinski definition) is 2. The first-order valence-electron chi connectivity index (χ1n) is 8.99. The van der Waals surface area contributed by atoms with Crippen molar-refractivity contribution in [3.8, 4) is 0 Å². The summed E-state index contributed by atoms with van der Waals surface area (Å²) in [7, 11) is 7.36. The number of alkyl halides is 1. The van der Waals surface area contributed by atoms with Gasteiger partial charge in [-0.05, 0) is 33.6 Å². The zero-order valence-corrected chi connectivity index (χ0v) is 21.8. The molecule has 0 aliphatic rings. The van der Waals surface area contributed by atoms with Crippen molar-refractivity contribution in [2.24, 2.45) is 0 Å². The summed E-state index contributed by atoms with van der Waals surface area (Å²) in [6, 6.07) is 0. The summed E-state index contributed by atoms with van der Waals surface area (Å²) < 4.78 is 9.09. The zero-order chi connectivity index (χ0) is 23.8. The highest BCUT2D eigenvalue weighted by atomic mass is 36.0. The van der Waals surface area contributed by atoms with Crippen LogP contribution in [-0.4, -0.2) is 38.2 Å². The van der Waals surface area contributed by atoms with Crippen LogP contribution < -0.4 is 0 Å². The maximum Gasteiger partial charge on any atom is 0.300 e. The van der Waals surface area contributed by atoms with Crippen LogP contribution in [0.25, 0.3) is 0 Å². The van der Waals surface area contributed by atoms with Crippen LogP contribution in [0.4, 0.5) is 0 Å². The minimum atomic E-state index is -1.67. The van der Waals surface area contributed by atoms with Crippen molar-refractivity contribution >= 4 is 54.4 Å². The Labute approximate surface area is 186 Å². The third-order valence-corrected chi connectivity index (χ3v) is 1.96. The molecule has 0 saturated carbocycles. The number of aldehydes is 1. The average Bonchev–Trinajstić information content (AvgIpc) is 2.57. The van der Waals surface area contributed by atoms with Crippen molar-refractivity contribution in [3.63, 3.8) is 0 Å². The fraction of sp³-hybridized carbons (Fsp3) is 0.889. The van der Waals surface area contributed by atoms with Crippen LogP contribution in [0.5, 0.6) is 0 Å². The molecule has 0 aromatic rings. The average molecular weight is 480 g/mol. The fourth-order valence-corrected chi connectivity index (χ4v) is 0. The molecule has 2 N–H and O–H groups in total. The Bertz CT molecular complexity index is 231. The molecule has 0 bridgehead atoms. The van der Waals surface area contributed by atoms with Gasteiger partial charge in [-0.3, -0.25) is 4.79 Å². The smallest absolute Gasteiger partial charge is 0.300 e. The fourth-order valence-electron chi connectivity index (χ4n) is 0. The molecule has 0 aliphatic carbocycles. The third-order valence-electron chi connectivity index (χ3n) is 1.65. The molecule has 5 nitrogen and oxygen atoms in total. The van der Waals surface area contributed by atoms with Gasteiger partial charge in [0.1, 0.15) is 6.29 Å². The molecule has 9 heteroatoms. The van der Waals surface area contributed by atoms with Gasteiger partial charge in [-0.15, -0.1) is 11.6 Å². The van der Waals surface area contributed by atoms with Crippen LogP contribution in [0.2, 0.25) is 0 Å². The highest BCUT2D eigenvalue weighted by Crippen LogP contribution is 1.95. The van der Waals surface area contributed by atoms with Crippen molar-refractivity contribution in [3.05, 3.63) is 0 Å². The molecule has 174 valence electrons. The number of rotatable bonds is 3. The summed E-state index contributed by atoms with van der Waals surface area (Å²) in [5.74, 6) is -0.833. The lowest BCUT2D eigenvalue weighted by Gasteiger charge is -1.90. The van der Waals surface area contributed by atoms with Gasteiger partial charge in [0.2, 0.25) is 9.23 Å². The first-order chi connectivity index (χ1) is 12.3. The number of carbonyl (C=O) groups is 2. The first kappa shape index (κ1) is 45.7. The van der Waals surface area contributed by atoms with E-state index in [2.05, 4.69) is 42.1 Å². The Morgan fingerprint density at radius 3 is 1.19 bits per heavy atom. The van der Waals surface area contributed by atoms with Crippen molar-refractivity contribution in [2.75, 3.05) is 0 Å². The molecule has 0 aromatic heterocycles. The second-order valence-electron chi connectivity index (χ2n) is 4.39. The van der Waals surface area contributed by atoms with Gasteiger partial charge in [0.05, 0.1) is 6.10 Å². The summed E-state index contributed by atoms with van der Waals surface area (Å²) in [5, 5.41) is 16.1. The van der Waals surface area contributed by atoms with Crippen LogP contribution >= 0.6 is 33.0 Å². The highest BCUT2D eigenvalue weighted by molar-refractivity contribution is 8.26. The lowest BCUT2D eigenvalue weighted by Crippen LogP contribution is -1.93. The molecule has 2 unspecified atom stereocenters. The Kier molecular flexibility index (Phi) is 95.2. The van der Waals surface area contributed by atoms with Crippen molar-refractivity contribution in [1.82, 2.24) is 0 Å². The number of carboxylic acid groups (broad SMARTS) is 1. The second-order valence-corrected chi connectivity index (χ2v) is 7.65. The zero-order valence-electron chi connectivity index (χ0n) is 18.7. The quantitative estimate of drug-likeness (QED) is 0.253. The molecule has 0 amide bonds. The Morgan fingerprint density at radius 1 is 1.07 bits per heavy atom. The maximum absolute atomic E-state index is 9.09. The van der Waals surface area contributed by atoms with Crippen LogP contribution in [0.15, 0.2) is 0 Å². The summed E-state index contributed by atoms with van der Waals surface area (Å²) in [6.07, 6.45) is 5.21. The van der Waals surface area contributed by atoms with E-state index in [0.717, 1.165) is 26.1 Å². The lowest BCUT2D eigenvalue weighted by molar-refractivity contribution is -0.134. The van der Waals surface area contributed by atoms with Crippen LogP contribution in [-0.2, 0) is 18.8 Å². The molecular weight excluding hydrogens is 435 g/mol. The largest absolute Gasteiger partial charge is 0.481 e. The Morgan fingerprint density at radius 2 is 1.19 bits per heavy atom. The van der Waals surface area contributed by atoms with E-state index in [0.29, 0.717) is 5.38 Å². The Hall–Kier alpha value is 0.120. The van der Waals surface area contributed by atoms with Gasteiger partial charge in [-0.2, -0.15) is 0 Å². The predicted molar refractivity (Wildman–Crippen MR) is 127 cm³/mol. The molecule has 0 radical (unpaired) electrons. The van der Waals surface area contributed by atoms with Crippen LogP contribution in [0, 0.1) is 0 Å². The molecule has 0 fully saturated rings. The molecule has 0 rings (SSSR count). The van der Waals surface area contributed by atoms with E-state index in [9.17, 15) is 0 Å². The number of carbonyl (C=O) groups excluding carboxylic acids is 1. The second kappa shape index (κ2) is 56.2. The standard InChI is InChI=1S/C4H9Cl.C4H10O.C4H10.C2H4O2.C2H4O.C2H6.Cl2OS.H2/c2*1-3-4(2)5;1-3-4-2;1-2(3)4;1-2-3;1-2;1-4(2)3;/h4H,3H2,1-2H3;4-5H,3H2,1-2H3;3-4H2,1-2H3;1H3,(H,3,4);2H,1H3;1-2H3;;1H. The topological polar surface area (TPSA) is 91.7 Å². The monoisotopic (exact) mass is 478 g/mol. The molecule has 0 aliphatic heterocycles. The maximum atomic E-state index is 9.09. The highest BCUT2D eigenvalue weighted by Gasteiger charge is 1.83. The van der Waals surface area contributed by atoms with E-state index in [1.54, 1.807) is 6.92 Å². The SMILES string of the molecule is CC.CC(=O)O.CC=O.CCC(C)Cl.CCC(C)O.CCCC.O=S(Cl)Cl.[HH]. The number of carboxylic acids is 1. The first-order valence-corrected chi connectivity index (χ1v) is 12.2. The van der Waals surface area contributed by atoms with E-state index in [1.807, 2.05) is 27.7 Å². The normalized spacial score (nSPS) is 9.59. The number of aliphatic hydroxyl groups excluding tert-OH is 1. The van der Waals surface area contributed by atoms with E-state index < -0.39 is 15.2 Å². The van der Waals surface area contributed by atoms with Crippen molar-refractivity contribution in [1.29, 1.82) is 0 Å². The summed E-state index contributed by atoms with van der Waals surface area (Å²) >= 11 is 5.46. The van der Waals surface area contributed by atoms with Gasteiger partial charge in [0.15, 0.2) is 0 Å². The van der Waals surface area contributed by atoms with E-state index in [-0.39, 0.29) is 7.53 Å². The summed E-state index contributed by atoms with van der Waals surface area (Å²) in [4.78, 5) is 17.8. The number of aliphatic carboxylic acids is 1. The Balaban J connectivity index is -0.0000000280. The van der Waals surface area contributed by atoms with Gasteiger partial charge in [0, 0.05) is 35.1 Å². The minimum Gasteiger partial charge on any atom is -0.481 e. The number of halogens is 3. The lowest BCUT2D eigenvalue weighted by atomic mass is 10.3. The van der Waals surface area contributed by atoms with E-state index in [1.165, 1.54) is 19.8 Å². The predicted octanol–water partition coefficient (Wildman–Crippen LogP) is 7.22. The van der Waals surface area contributed by atoms with Crippen LogP contribution in [0.3, 0.4) is 0 Å². The number of aliphatic hydroxyl groups is 1. The van der Waals surface area contributed by atoms with Gasteiger partial charge in [-0.1, -0.05) is 54.4 Å². The number of unbranched alkanes of at least 4 members (excludes halogenated alkanes) is 1. The molecule has 0 saturated heterocycles. The van der Waals surface area contributed by atoms with Gasteiger partial charge in [-0.25, -0.2) is 4.21 Å². The summed E-state index contributed by atoms with van der Waals surface area (Å²) in [6.45, 7) is 18.7. The van der Waals surface area contributed by atoms with Crippen LogP contribution in [0.1, 0.15) is 96.3 Å². The van der Waals surface area contributed by atoms with Gasteiger partial charge < -0.3 is 15.0 Å². The molecule has 0 heterocycles. The number of hydrogen-bond acceptors (Lipinski definition) is 4. The minimum absolute atomic E-state index is 0. The third kappa shape index (κ3) is 580. The molecular formula is C18H45Cl3O5S. The van der Waals surface area contributed by atoms with Gasteiger partial charge in [0.25, 0.3) is 5.97 Å². The van der Waals surface area contributed by atoms with Crippen molar-refractivity contribution < 1.29 is 25.4 Å². The summed E-state index contributed by atoms with van der Waals surface area (Å²) in [5.41, 5.74) is 0. The molecule has 27 heavy (non-hydrogen) atoms. The van der Waals surface area contributed by atoms with E-state index >= 15 is 0 Å². The molecule has 2 atom stereocenters. The van der Waals surface area contributed by atoms with Gasteiger partial charge >= 0.3 is 0 Å². The van der Waals surface area contributed by atoms with E-state index in [4.69, 9.17) is 35.6 Å². The molecule has 0 aromatic carbocycles. The molecule has 0 spiro atoms.